The van der Waals surface area contributed by atoms with Crippen LogP contribution in [0.25, 0.3) is 0 Å². The number of amides is 2. The van der Waals surface area contributed by atoms with Crippen LogP contribution >= 0.6 is 11.8 Å². The minimum Gasteiger partial charge on any atom is -0.462 e. The van der Waals surface area contributed by atoms with Gasteiger partial charge in [-0.25, -0.2) is 13.2 Å². The zero-order valence-electron chi connectivity index (χ0n) is 17.9. The highest BCUT2D eigenvalue weighted by atomic mass is 32.2. The third-order valence-corrected chi connectivity index (χ3v) is 7.91. The van der Waals surface area contributed by atoms with Crippen LogP contribution in [0.15, 0.2) is 52.3 Å². The molecule has 3 rings (SSSR count). The number of carbonyl (C=O) groups excluding carboxylic acids is 3. The van der Waals surface area contributed by atoms with Crippen LogP contribution in [0.4, 0.5) is 11.4 Å². The molecular formula is C22H24N2O6S2. The Hall–Kier alpha value is -2.85. The van der Waals surface area contributed by atoms with Crippen LogP contribution in [0.2, 0.25) is 0 Å². The summed E-state index contributed by atoms with van der Waals surface area (Å²) in [5, 5.41) is 5.12. The minimum atomic E-state index is -3.77. The van der Waals surface area contributed by atoms with E-state index in [0.29, 0.717) is 16.9 Å². The second kappa shape index (κ2) is 9.74. The van der Waals surface area contributed by atoms with E-state index >= 15 is 0 Å². The summed E-state index contributed by atoms with van der Waals surface area (Å²) in [7, 11) is -3.77. The Bertz CT molecular complexity index is 1150. The van der Waals surface area contributed by atoms with Gasteiger partial charge in [0.25, 0.3) is 0 Å². The molecule has 2 amide bonds. The summed E-state index contributed by atoms with van der Waals surface area (Å²) in [6.45, 7) is 5.27. The summed E-state index contributed by atoms with van der Waals surface area (Å²) < 4.78 is 30.6. The zero-order chi connectivity index (χ0) is 23.5. The van der Waals surface area contributed by atoms with Crippen molar-refractivity contribution in [2.75, 3.05) is 23.0 Å². The molecule has 0 saturated carbocycles. The lowest BCUT2D eigenvalue weighted by Gasteiger charge is -2.22. The average Bonchev–Trinajstić information content (AvgIpc) is 2.74. The number of hydrogen-bond donors (Lipinski definition) is 2. The number of fused-ring (bicyclic) bond motifs is 1. The Kier molecular flexibility index (Phi) is 7.25. The number of sulfone groups is 1. The Morgan fingerprint density at radius 3 is 2.53 bits per heavy atom. The van der Waals surface area contributed by atoms with Crippen molar-refractivity contribution in [2.45, 2.75) is 35.8 Å². The topological polar surface area (TPSA) is 119 Å². The Morgan fingerprint density at radius 2 is 1.88 bits per heavy atom. The molecule has 10 heteroatoms. The van der Waals surface area contributed by atoms with Gasteiger partial charge in [-0.3, -0.25) is 9.59 Å². The Balaban J connectivity index is 1.66. The number of benzene rings is 2. The highest BCUT2D eigenvalue weighted by Crippen LogP contribution is 2.37. The summed E-state index contributed by atoms with van der Waals surface area (Å²) in [5.74, 6) is -2.33. The third-order valence-electron chi connectivity index (χ3n) is 4.82. The SMILES string of the molecule is CCOC(=O)c1ccc(NC(=O)[C@H](C)CS(=O)(=O)c2ccc3c(c2)NC(=O)[C@H](C)S3)cc1. The largest absolute Gasteiger partial charge is 0.462 e. The Labute approximate surface area is 191 Å². The van der Waals surface area contributed by atoms with Crippen molar-refractivity contribution in [3.8, 4) is 0 Å². The number of nitrogens with one attached hydrogen (secondary N) is 2. The summed E-state index contributed by atoms with van der Waals surface area (Å²) in [5.41, 5.74) is 1.25. The van der Waals surface area contributed by atoms with E-state index in [1.165, 1.54) is 43.0 Å². The first-order valence-corrected chi connectivity index (χ1v) is 12.6. The fraction of sp³-hybridized carbons (Fsp3) is 0.318. The van der Waals surface area contributed by atoms with Gasteiger partial charge in [-0.15, -0.1) is 11.8 Å². The molecule has 2 aromatic rings. The fourth-order valence-corrected chi connectivity index (χ4v) is 5.56. The van der Waals surface area contributed by atoms with Crippen LogP contribution in [-0.2, 0) is 24.2 Å². The molecule has 0 bridgehead atoms. The first kappa shape index (κ1) is 23.8. The third kappa shape index (κ3) is 5.49. The monoisotopic (exact) mass is 476 g/mol. The van der Waals surface area contributed by atoms with Crippen LogP contribution in [0.5, 0.6) is 0 Å². The number of thioether (sulfide) groups is 1. The predicted molar refractivity (Wildman–Crippen MR) is 123 cm³/mol. The lowest BCUT2D eigenvalue weighted by atomic mass is 10.1. The lowest BCUT2D eigenvalue weighted by molar-refractivity contribution is -0.119. The molecule has 0 aliphatic carbocycles. The van der Waals surface area contributed by atoms with Crippen molar-refractivity contribution in [2.24, 2.45) is 5.92 Å². The molecule has 0 fully saturated rings. The molecule has 8 nitrogen and oxygen atoms in total. The molecule has 0 saturated heterocycles. The summed E-state index contributed by atoms with van der Waals surface area (Å²) in [6.07, 6.45) is 0. The van der Waals surface area contributed by atoms with Crippen LogP contribution in [0.1, 0.15) is 31.1 Å². The maximum Gasteiger partial charge on any atom is 0.338 e. The number of rotatable bonds is 7. The molecule has 32 heavy (non-hydrogen) atoms. The van der Waals surface area contributed by atoms with Crippen molar-refractivity contribution in [1.29, 1.82) is 0 Å². The van der Waals surface area contributed by atoms with E-state index in [2.05, 4.69) is 10.6 Å². The van der Waals surface area contributed by atoms with Gasteiger partial charge >= 0.3 is 5.97 Å². The first-order valence-electron chi connectivity index (χ1n) is 10.0. The van der Waals surface area contributed by atoms with Crippen LogP contribution in [0.3, 0.4) is 0 Å². The molecule has 170 valence electrons. The standard InChI is InChI=1S/C22H24N2O6S2/c1-4-30-22(27)15-5-7-16(8-6-15)23-20(25)13(2)12-32(28,29)17-9-10-19-18(11-17)24-21(26)14(3)31-19/h5-11,13-14H,4,12H2,1-3H3,(H,23,25)(H,24,26)/t13-,14+/m1/s1. The average molecular weight is 477 g/mol. The van der Waals surface area contributed by atoms with Gasteiger partial charge in [0.15, 0.2) is 9.84 Å². The molecular weight excluding hydrogens is 452 g/mol. The fourth-order valence-electron chi connectivity index (χ4n) is 3.05. The van der Waals surface area contributed by atoms with Crippen LogP contribution < -0.4 is 10.6 Å². The van der Waals surface area contributed by atoms with Crippen molar-refractivity contribution < 1.29 is 27.5 Å². The smallest absolute Gasteiger partial charge is 0.338 e. The summed E-state index contributed by atoms with van der Waals surface area (Å²) in [6, 6.07) is 10.7. The van der Waals surface area contributed by atoms with Crippen molar-refractivity contribution in [3.05, 3.63) is 48.0 Å². The zero-order valence-corrected chi connectivity index (χ0v) is 19.5. The quantitative estimate of drug-likeness (QED) is 0.588. The molecule has 0 radical (unpaired) electrons. The minimum absolute atomic E-state index is 0.0464. The van der Waals surface area contributed by atoms with Crippen molar-refractivity contribution >= 4 is 50.8 Å². The Morgan fingerprint density at radius 1 is 1.19 bits per heavy atom. The van der Waals surface area contributed by atoms with E-state index in [0.717, 1.165) is 4.90 Å². The number of esters is 1. The summed E-state index contributed by atoms with van der Waals surface area (Å²) >= 11 is 1.36. The second-order valence-electron chi connectivity index (χ2n) is 7.38. The van der Waals surface area contributed by atoms with E-state index < -0.39 is 33.4 Å². The van der Waals surface area contributed by atoms with Gasteiger partial charge < -0.3 is 15.4 Å². The molecule has 2 N–H and O–H groups in total. The maximum atomic E-state index is 12.9. The highest BCUT2D eigenvalue weighted by molar-refractivity contribution is 8.01. The van der Waals surface area contributed by atoms with Gasteiger partial charge in [0, 0.05) is 16.5 Å². The molecule has 0 spiro atoms. The van der Waals surface area contributed by atoms with E-state index in [1.807, 2.05) is 0 Å². The van der Waals surface area contributed by atoms with E-state index in [-0.39, 0.29) is 22.7 Å². The van der Waals surface area contributed by atoms with Crippen LogP contribution in [-0.4, -0.2) is 43.8 Å². The van der Waals surface area contributed by atoms with Crippen molar-refractivity contribution in [1.82, 2.24) is 0 Å². The highest BCUT2D eigenvalue weighted by Gasteiger charge is 2.27. The number of carbonyl (C=O) groups is 3. The summed E-state index contributed by atoms with van der Waals surface area (Å²) in [4.78, 5) is 37.0. The lowest BCUT2D eigenvalue weighted by Crippen LogP contribution is -2.28. The molecule has 1 heterocycles. The second-order valence-corrected chi connectivity index (χ2v) is 10.8. The van der Waals surface area contributed by atoms with Gasteiger partial charge in [0.1, 0.15) is 0 Å². The van der Waals surface area contributed by atoms with E-state index in [1.54, 1.807) is 32.0 Å². The number of anilines is 2. The van der Waals surface area contributed by atoms with Gasteiger partial charge in [0.05, 0.1) is 33.8 Å². The number of hydrogen-bond acceptors (Lipinski definition) is 7. The molecule has 0 unspecified atom stereocenters. The first-order chi connectivity index (χ1) is 15.1. The van der Waals surface area contributed by atoms with E-state index in [9.17, 15) is 22.8 Å². The number of ether oxygens (including phenoxy) is 1. The van der Waals surface area contributed by atoms with E-state index in [4.69, 9.17) is 4.74 Å². The van der Waals surface area contributed by atoms with Gasteiger partial charge in [-0.1, -0.05) is 6.92 Å². The molecule has 2 aromatic carbocycles. The molecule has 2 atom stereocenters. The maximum absolute atomic E-state index is 12.9. The molecule has 1 aliphatic rings. The normalized spacial score (nSPS) is 16.5. The van der Waals surface area contributed by atoms with Gasteiger partial charge in [0.2, 0.25) is 11.8 Å². The van der Waals surface area contributed by atoms with Gasteiger partial charge in [-0.2, -0.15) is 0 Å². The van der Waals surface area contributed by atoms with Crippen molar-refractivity contribution in [3.63, 3.8) is 0 Å². The predicted octanol–water partition coefficient (Wildman–Crippen LogP) is 3.34. The molecule has 0 aromatic heterocycles. The van der Waals surface area contributed by atoms with Gasteiger partial charge in [-0.05, 0) is 56.3 Å². The molecule has 1 aliphatic heterocycles. The van der Waals surface area contributed by atoms with Crippen LogP contribution in [0, 0.1) is 5.92 Å².